The van der Waals surface area contributed by atoms with E-state index in [2.05, 4.69) is 83.1 Å². The van der Waals surface area contributed by atoms with Gasteiger partial charge >= 0.3 is 35.8 Å². The van der Waals surface area contributed by atoms with Gasteiger partial charge in [-0.3, -0.25) is 0 Å². The van der Waals surface area contributed by atoms with Crippen molar-refractivity contribution in [3.8, 4) is 0 Å². The van der Waals surface area contributed by atoms with E-state index in [9.17, 15) is 28.8 Å². The Morgan fingerprint density at radius 3 is 0.458 bits per heavy atom. The van der Waals surface area contributed by atoms with E-state index in [1.807, 2.05) is 0 Å². The molecule has 1 aromatic carbocycles. The van der Waals surface area contributed by atoms with Gasteiger partial charge in [0.05, 0.1) is 73.0 Å². The van der Waals surface area contributed by atoms with E-state index in [0.717, 1.165) is 116 Å². The second-order valence-electron chi connectivity index (χ2n) is 22.5. The van der Waals surface area contributed by atoms with Gasteiger partial charge in [-0.2, -0.15) is 0 Å². The fraction of sp³-hybridized carbons (Fsp3) is 0.800. The molecule has 12 nitrogen and oxygen atoms in total. The molecule has 0 radical (unpaired) electrons. The zero-order valence-electron chi connectivity index (χ0n) is 47.6. The molecule has 72 heavy (non-hydrogen) atoms. The molecule has 0 atom stereocenters. The van der Waals surface area contributed by atoms with Crippen molar-refractivity contribution in [2.75, 3.05) is 39.6 Å². The highest BCUT2D eigenvalue weighted by Gasteiger charge is 2.43. The molecule has 0 amide bonds. The van der Waals surface area contributed by atoms with Crippen molar-refractivity contribution in [1.29, 1.82) is 0 Å². The van der Waals surface area contributed by atoms with Crippen LogP contribution < -0.4 is 0 Å². The molecule has 12 heteroatoms. The summed E-state index contributed by atoms with van der Waals surface area (Å²) in [4.78, 5) is 89.2. The Hall–Kier alpha value is -3.96. The summed E-state index contributed by atoms with van der Waals surface area (Å²) in [5.74, 6) is -3.95. The summed E-state index contributed by atoms with van der Waals surface area (Å²) in [6.45, 7) is 25.1. The summed E-state index contributed by atoms with van der Waals surface area (Å²) >= 11 is 0. The Labute approximate surface area is 437 Å². The maximum absolute atomic E-state index is 14.9. The van der Waals surface area contributed by atoms with Gasteiger partial charge in [-0.1, -0.05) is 199 Å². The van der Waals surface area contributed by atoms with Crippen LogP contribution in [0.1, 0.15) is 299 Å². The minimum Gasteiger partial charge on any atom is -0.462 e. The summed E-state index contributed by atoms with van der Waals surface area (Å²) < 4.78 is 35.3. The average Bonchev–Trinajstić information content (AvgIpc) is 3.31. The van der Waals surface area contributed by atoms with Crippen molar-refractivity contribution in [3.05, 3.63) is 33.4 Å². The molecule has 0 saturated carbocycles. The molecule has 0 N–H and O–H groups in total. The Kier molecular flexibility index (Phi) is 36.2. The second-order valence-corrected chi connectivity index (χ2v) is 22.5. The van der Waals surface area contributed by atoms with E-state index >= 15 is 0 Å². The summed E-state index contributed by atoms with van der Waals surface area (Å²) in [6, 6.07) is 0. The smallest absolute Gasteiger partial charge is 0.339 e. The van der Waals surface area contributed by atoms with E-state index in [4.69, 9.17) is 28.4 Å². The van der Waals surface area contributed by atoms with Crippen molar-refractivity contribution in [1.82, 2.24) is 0 Å². The van der Waals surface area contributed by atoms with Gasteiger partial charge in [-0.05, 0) is 74.0 Å². The third kappa shape index (κ3) is 29.1. The fourth-order valence-corrected chi connectivity index (χ4v) is 8.39. The van der Waals surface area contributed by atoms with Gasteiger partial charge in [0.2, 0.25) is 0 Å². The molecule has 414 valence electrons. The van der Waals surface area contributed by atoms with Crippen molar-refractivity contribution in [2.45, 2.75) is 237 Å². The molecule has 0 aliphatic rings. The van der Waals surface area contributed by atoms with E-state index < -0.39 is 69.2 Å². The molecular formula is C60H102O12. The Balaban J connectivity index is 4.35. The predicted molar refractivity (Wildman–Crippen MR) is 288 cm³/mol. The van der Waals surface area contributed by atoms with E-state index in [0.29, 0.717) is 74.0 Å². The lowest BCUT2D eigenvalue weighted by Crippen LogP contribution is -2.32. The van der Waals surface area contributed by atoms with Crippen LogP contribution in [0, 0.1) is 35.5 Å². The topological polar surface area (TPSA) is 158 Å². The molecule has 1 rings (SSSR count). The first-order chi connectivity index (χ1) is 34.3. The molecular weight excluding hydrogens is 913 g/mol. The minimum atomic E-state index is -1.15. The maximum Gasteiger partial charge on any atom is 0.339 e. The molecule has 0 heterocycles. The molecule has 0 unspecified atom stereocenters. The van der Waals surface area contributed by atoms with Gasteiger partial charge in [-0.25, -0.2) is 28.8 Å². The molecule has 0 aliphatic heterocycles. The van der Waals surface area contributed by atoms with Crippen molar-refractivity contribution < 1.29 is 57.2 Å². The van der Waals surface area contributed by atoms with Gasteiger partial charge in [0.25, 0.3) is 0 Å². The highest BCUT2D eigenvalue weighted by Crippen LogP contribution is 2.34. The summed E-state index contributed by atoms with van der Waals surface area (Å²) in [7, 11) is 0. The monoisotopic (exact) mass is 1010 g/mol. The number of rotatable bonds is 42. The van der Waals surface area contributed by atoms with Crippen LogP contribution in [-0.4, -0.2) is 75.5 Å². The van der Waals surface area contributed by atoms with Crippen molar-refractivity contribution in [2.24, 2.45) is 35.5 Å². The van der Waals surface area contributed by atoms with E-state index in [1.54, 1.807) is 0 Å². The van der Waals surface area contributed by atoms with E-state index in [1.165, 1.54) is 0 Å². The van der Waals surface area contributed by atoms with Crippen LogP contribution >= 0.6 is 0 Å². The van der Waals surface area contributed by atoms with Crippen LogP contribution in [0.2, 0.25) is 0 Å². The van der Waals surface area contributed by atoms with Gasteiger partial charge in [0.1, 0.15) is 0 Å². The quantitative estimate of drug-likeness (QED) is 0.0347. The lowest BCUT2D eigenvalue weighted by Gasteiger charge is -2.23. The second kappa shape index (κ2) is 39.5. The predicted octanol–water partition coefficient (Wildman–Crippen LogP) is 15.9. The minimum absolute atomic E-state index is 0.0848. The molecule has 0 aromatic heterocycles. The Morgan fingerprint density at radius 1 is 0.222 bits per heavy atom. The fourth-order valence-electron chi connectivity index (χ4n) is 8.39. The first-order valence-corrected chi connectivity index (χ1v) is 28.6. The van der Waals surface area contributed by atoms with Crippen LogP contribution in [0.4, 0.5) is 0 Å². The molecule has 0 aliphatic carbocycles. The number of benzene rings is 1. The standard InChI is InChI=1S/C60H102O12/c1-43(2)31-19-13-25-37-67-55(61)49-50(56(62)68-38-26-14-20-32-44(3)4)52(58(64)70-40-28-16-22-34-46(7)8)54(60(66)72-42-30-18-24-36-48(11)12)53(59(65)71-41-29-17-23-35-47(9)10)51(49)57(63)69-39-27-15-21-33-45(5)6/h43-48H,13-42H2,1-12H3. The molecule has 0 saturated heterocycles. The molecule has 0 bridgehead atoms. The van der Waals surface area contributed by atoms with Gasteiger partial charge < -0.3 is 28.4 Å². The third-order valence-electron chi connectivity index (χ3n) is 12.7. The number of ether oxygens (including phenoxy) is 6. The number of esters is 6. The lowest BCUT2D eigenvalue weighted by atomic mass is 9.85. The Morgan fingerprint density at radius 2 is 0.347 bits per heavy atom. The Bertz CT molecular complexity index is 1370. The number of carbonyl (C=O) groups is 6. The van der Waals surface area contributed by atoms with Gasteiger partial charge in [0.15, 0.2) is 0 Å². The third-order valence-corrected chi connectivity index (χ3v) is 12.7. The van der Waals surface area contributed by atoms with Crippen LogP contribution in [0.3, 0.4) is 0 Å². The zero-order chi connectivity index (χ0) is 53.8. The molecule has 1 aromatic rings. The van der Waals surface area contributed by atoms with Gasteiger partial charge in [-0.15, -0.1) is 0 Å². The molecule has 0 fully saturated rings. The number of hydrogen-bond acceptors (Lipinski definition) is 12. The summed E-state index contributed by atoms with van der Waals surface area (Å²) in [5, 5.41) is 0. The largest absolute Gasteiger partial charge is 0.462 e. The first kappa shape index (κ1) is 66.1. The SMILES string of the molecule is CC(C)CCCCCOC(=O)c1c(C(=O)OCCCCCC(C)C)c(C(=O)OCCCCCC(C)C)c(C(=O)OCCCCCC(C)C)c(C(=O)OCCCCCC(C)C)c1C(=O)OCCCCCC(C)C. The number of unbranched alkanes of at least 4 members (excludes halogenated alkanes) is 12. The van der Waals surface area contributed by atoms with Gasteiger partial charge in [0, 0.05) is 0 Å². The summed E-state index contributed by atoms with van der Waals surface area (Å²) in [6.07, 6.45) is 18.6. The summed E-state index contributed by atoms with van der Waals surface area (Å²) in [5.41, 5.74) is -4.22. The first-order valence-electron chi connectivity index (χ1n) is 28.6. The zero-order valence-corrected chi connectivity index (χ0v) is 47.6. The highest BCUT2D eigenvalue weighted by atomic mass is 16.6. The normalized spacial score (nSPS) is 11.6. The van der Waals surface area contributed by atoms with Crippen LogP contribution in [0.15, 0.2) is 0 Å². The van der Waals surface area contributed by atoms with Crippen LogP contribution in [-0.2, 0) is 28.4 Å². The van der Waals surface area contributed by atoms with Crippen LogP contribution in [0.5, 0.6) is 0 Å². The lowest BCUT2D eigenvalue weighted by molar-refractivity contribution is 0.0385. The maximum atomic E-state index is 14.9. The van der Waals surface area contributed by atoms with Crippen molar-refractivity contribution in [3.63, 3.8) is 0 Å². The number of hydrogen-bond donors (Lipinski definition) is 0. The van der Waals surface area contributed by atoms with E-state index in [-0.39, 0.29) is 39.6 Å². The highest BCUT2D eigenvalue weighted by molar-refractivity contribution is 6.24. The van der Waals surface area contributed by atoms with Crippen molar-refractivity contribution >= 4 is 35.8 Å². The van der Waals surface area contributed by atoms with Crippen LogP contribution in [0.25, 0.3) is 0 Å². The average molecular weight is 1020 g/mol. The molecule has 0 spiro atoms. The number of carbonyl (C=O) groups excluding carboxylic acids is 6.